The molecule has 0 aliphatic heterocycles. The molecule has 0 amide bonds. The minimum absolute atomic E-state index is 0.00282. The Morgan fingerprint density at radius 1 is 1.28 bits per heavy atom. The smallest absolute Gasteiger partial charge is 0.269 e. The summed E-state index contributed by atoms with van der Waals surface area (Å²) in [6.45, 7) is 5.94. The Kier molecular flexibility index (Phi) is 4.97. The molecule has 18 heavy (non-hydrogen) atoms. The zero-order chi connectivity index (χ0) is 13.7. The van der Waals surface area contributed by atoms with Crippen LogP contribution in [-0.4, -0.2) is 23.4 Å². The number of hydrogen-bond donors (Lipinski definition) is 0. The van der Waals surface area contributed by atoms with Gasteiger partial charge in [-0.1, -0.05) is 13.8 Å². The third kappa shape index (κ3) is 3.92. The molecule has 0 aliphatic carbocycles. The normalized spacial score (nSPS) is 12.4. The number of rotatable bonds is 6. The summed E-state index contributed by atoms with van der Waals surface area (Å²) in [5.41, 5.74) is 0.402. The highest BCUT2D eigenvalue weighted by Crippen LogP contribution is 2.13. The zero-order valence-electron chi connectivity index (χ0n) is 10.8. The first-order valence-corrected chi connectivity index (χ1v) is 5.81. The number of ketones is 1. The van der Waals surface area contributed by atoms with E-state index in [9.17, 15) is 14.9 Å². The van der Waals surface area contributed by atoms with Crippen LogP contribution >= 0.6 is 0 Å². The van der Waals surface area contributed by atoms with Crippen molar-refractivity contribution in [2.24, 2.45) is 5.92 Å². The monoisotopic (exact) mass is 251 g/mol. The van der Waals surface area contributed by atoms with Gasteiger partial charge in [-0.15, -0.1) is 0 Å². The molecule has 0 N–H and O–H groups in total. The van der Waals surface area contributed by atoms with Crippen LogP contribution in [0.2, 0.25) is 0 Å². The van der Waals surface area contributed by atoms with Gasteiger partial charge in [0.15, 0.2) is 5.78 Å². The van der Waals surface area contributed by atoms with Gasteiger partial charge in [-0.05, 0) is 25.0 Å². The van der Waals surface area contributed by atoms with Gasteiger partial charge in [0.2, 0.25) is 0 Å². The highest BCUT2D eigenvalue weighted by atomic mass is 16.6. The molecule has 1 unspecified atom stereocenters. The van der Waals surface area contributed by atoms with Crippen LogP contribution in [0.25, 0.3) is 0 Å². The molecule has 0 heterocycles. The molecular weight excluding hydrogens is 234 g/mol. The number of carbonyl (C=O) groups is 1. The van der Waals surface area contributed by atoms with Gasteiger partial charge in [-0.3, -0.25) is 14.9 Å². The van der Waals surface area contributed by atoms with E-state index in [1.165, 1.54) is 24.3 Å². The number of nitro groups is 1. The van der Waals surface area contributed by atoms with E-state index in [-0.39, 0.29) is 24.2 Å². The molecule has 5 nitrogen and oxygen atoms in total. The fourth-order valence-electron chi connectivity index (χ4n) is 1.25. The minimum Gasteiger partial charge on any atom is -0.370 e. The van der Waals surface area contributed by atoms with Gasteiger partial charge < -0.3 is 4.74 Å². The quantitative estimate of drug-likeness (QED) is 0.443. The standard InChI is InChI=1S/C13H17NO4/c1-9(2)10(3)18-8-13(15)11-4-6-12(7-5-11)14(16)17/h4-7,9-10H,8H2,1-3H3. The highest BCUT2D eigenvalue weighted by molar-refractivity contribution is 5.97. The van der Waals surface area contributed by atoms with Gasteiger partial charge in [0, 0.05) is 17.7 Å². The second-order valence-corrected chi connectivity index (χ2v) is 4.49. The number of Topliss-reactive ketones (excluding diaryl/α,β-unsaturated/α-hetero) is 1. The molecule has 0 saturated heterocycles. The fourth-order valence-corrected chi connectivity index (χ4v) is 1.25. The third-order valence-corrected chi connectivity index (χ3v) is 2.82. The maximum atomic E-state index is 11.8. The van der Waals surface area contributed by atoms with E-state index < -0.39 is 4.92 Å². The summed E-state index contributed by atoms with van der Waals surface area (Å²) in [6.07, 6.45) is 0.00648. The summed E-state index contributed by atoms with van der Waals surface area (Å²) < 4.78 is 5.41. The molecule has 0 radical (unpaired) electrons. The average Bonchev–Trinajstić information content (AvgIpc) is 2.35. The molecule has 0 fully saturated rings. The van der Waals surface area contributed by atoms with Crippen molar-refractivity contribution in [3.05, 3.63) is 39.9 Å². The molecule has 1 aromatic rings. The van der Waals surface area contributed by atoms with E-state index in [1.807, 2.05) is 20.8 Å². The molecule has 0 aliphatic rings. The summed E-state index contributed by atoms with van der Waals surface area (Å²) >= 11 is 0. The van der Waals surface area contributed by atoms with E-state index in [0.29, 0.717) is 11.5 Å². The summed E-state index contributed by atoms with van der Waals surface area (Å²) in [6, 6.07) is 5.53. The summed E-state index contributed by atoms with van der Waals surface area (Å²) in [5.74, 6) is 0.173. The first-order valence-electron chi connectivity index (χ1n) is 5.81. The minimum atomic E-state index is -0.494. The molecule has 1 atom stereocenters. The van der Waals surface area contributed by atoms with Crippen LogP contribution in [0.1, 0.15) is 31.1 Å². The van der Waals surface area contributed by atoms with Crippen molar-refractivity contribution in [2.45, 2.75) is 26.9 Å². The van der Waals surface area contributed by atoms with E-state index >= 15 is 0 Å². The lowest BCUT2D eigenvalue weighted by molar-refractivity contribution is -0.384. The molecule has 1 rings (SSSR count). The first-order chi connectivity index (χ1) is 8.41. The predicted molar refractivity (Wildman–Crippen MR) is 67.7 cm³/mol. The Morgan fingerprint density at radius 3 is 2.28 bits per heavy atom. The number of carbonyl (C=O) groups excluding carboxylic acids is 1. The maximum absolute atomic E-state index is 11.8. The Hall–Kier alpha value is -1.75. The SMILES string of the molecule is CC(C)C(C)OCC(=O)c1ccc([N+](=O)[O-])cc1. The number of hydrogen-bond acceptors (Lipinski definition) is 4. The Balaban J connectivity index is 2.59. The van der Waals surface area contributed by atoms with Crippen molar-refractivity contribution in [1.29, 1.82) is 0 Å². The van der Waals surface area contributed by atoms with Gasteiger partial charge in [0.05, 0.1) is 11.0 Å². The molecule has 0 aromatic heterocycles. The zero-order valence-corrected chi connectivity index (χ0v) is 10.8. The fraction of sp³-hybridized carbons (Fsp3) is 0.462. The molecule has 98 valence electrons. The molecule has 1 aromatic carbocycles. The number of ether oxygens (including phenoxy) is 1. The van der Waals surface area contributed by atoms with Crippen molar-refractivity contribution in [3.8, 4) is 0 Å². The summed E-state index contributed by atoms with van der Waals surface area (Å²) in [5, 5.41) is 10.5. The third-order valence-electron chi connectivity index (χ3n) is 2.82. The van der Waals surface area contributed by atoms with Crippen LogP contribution < -0.4 is 0 Å². The lowest BCUT2D eigenvalue weighted by Gasteiger charge is -2.15. The number of nitro benzene ring substituents is 1. The Bertz CT molecular complexity index is 425. The average molecular weight is 251 g/mol. The van der Waals surface area contributed by atoms with Crippen LogP contribution in [0.3, 0.4) is 0 Å². The van der Waals surface area contributed by atoms with Gasteiger partial charge in [0.25, 0.3) is 5.69 Å². The van der Waals surface area contributed by atoms with Gasteiger partial charge in [-0.25, -0.2) is 0 Å². The van der Waals surface area contributed by atoms with Crippen LogP contribution in [-0.2, 0) is 4.74 Å². The number of nitrogens with zero attached hydrogens (tertiary/aromatic N) is 1. The van der Waals surface area contributed by atoms with E-state index in [4.69, 9.17) is 4.74 Å². The van der Waals surface area contributed by atoms with Gasteiger partial charge in [0.1, 0.15) is 6.61 Å². The van der Waals surface area contributed by atoms with Gasteiger partial charge in [-0.2, -0.15) is 0 Å². The van der Waals surface area contributed by atoms with Crippen LogP contribution in [0.15, 0.2) is 24.3 Å². The van der Waals surface area contributed by atoms with E-state index in [2.05, 4.69) is 0 Å². The van der Waals surface area contributed by atoms with Crippen molar-refractivity contribution in [2.75, 3.05) is 6.61 Å². The highest BCUT2D eigenvalue weighted by Gasteiger charge is 2.13. The lowest BCUT2D eigenvalue weighted by Crippen LogP contribution is -2.20. The summed E-state index contributed by atoms with van der Waals surface area (Å²) in [4.78, 5) is 21.7. The molecule has 0 bridgehead atoms. The van der Waals surface area contributed by atoms with Crippen LogP contribution in [0, 0.1) is 16.0 Å². The lowest BCUT2D eigenvalue weighted by atomic mass is 10.1. The van der Waals surface area contributed by atoms with Crippen molar-refractivity contribution in [3.63, 3.8) is 0 Å². The van der Waals surface area contributed by atoms with E-state index in [1.54, 1.807) is 0 Å². The Labute approximate surface area is 106 Å². The maximum Gasteiger partial charge on any atom is 0.269 e. The second-order valence-electron chi connectivity index (χ2n) is 4.49. The molecular formula is C13H17NO4. The van der Waals surface area contributed by atoms with Crippen LogP contribution in [0.5, 0.6) is 0 Å². The molecule has 5 heteroatoms. The van der Waals surface area contributed by atoms with Crippen molar-refractivity contribution >= 4 is 11.5 Å². The largest absolute Gasteiger partial charge is 0.370 e. The predicted octanol–water partition coefficient (Wildman–Crippen LogP) is 2.84. The van der Waals surface area contributed by atoms with Crippen molar-refractivity contribution in [1.82, 2.24) is 0 Å². The first kappa shape index (κ1) is 14.3. The topological polar surface area (TPSA) is 69.4 Å². The Morgan fingerprint density at radius 2 is 1.83 bits per heavy atom. The molecule has 0 saturated carbocycles. The summed E-state index contributed by atoms with van der Waals surface area (Å²) in [7, 11) is 0. The van der Waals surface area contributed by atoms with Gasteiger partial charge >= 0.3 is 0 Å². The second kappa shape index (κ2) is 6.26. The molecule has 0 spiro atoms. The van der Waals surface area contributed by atoms with Crippen LogP contribution in [0.4, 0.5) is 5.69 Å². The number of non-ortho nitro benzene ring substituents is 1. The van der Waals surface area contributed by atoms with Crippen molar-refractivity contribution < 1.29 is 14.5 Å². The van der Waals surface area contributed by atoms with E-state index in [0.717, 1.165) is 0 Å². The number of benzene rings is 1.